The predicted molar refractivity (Wildman–Crippen MR) is 92.7 cm³/mol. The van der Waals surface area contributed by atoms with Gasteiger partial charge in [-0.1, -0.05) is 33.8 Å². The first-order valence-electron chi connectivity index (χ1n) is 7.66. The molecule has 0 amide bonds. The van der Waals surface area contributed by atoms with E-state index in [9.17, 15) is 16.8 Å². The fourth-order valence-corrected chi connectivity index (χ4v) is 5.05. The Kier molecular flexibility index (Phi) is 6.40. The zero-order valence-electron chi connectivity index (χ0n) is 14.7. The number of benzene rings is 1. The van der Waals surface area contributed by atoms with E-state index in [1.165, 1.54) is 16.4 Å². The van der Waals surface area contributed by atoms with Crippen molar-refractivity contribution in [2.75, 3.05) is 19.3 Å². The lowest BCUT2D eigenvalue weighted by atomic mass is 10.2. The van der Waals surface area contributed by atoms with Crippen LogP contribution in [0.1, 0.15) is 33.3 Å². The highest BCUT2D eigenvalue weighted by atomic mass is 32.2. The van der Waals surface area contributed by atoms with Crippen molar-refractivity contribution in [1.82, 2.24) is 4.31 Å². The highest BCUT2D eigenvalue weighted by Gasteiger charge is 2.28. The summed E-state index contributed by atoms with van der Waals surface area (Å²) >= 11 is 0. The lowest BCUT2D eigenvalue weighted by Gasteiger charge is -2.26. The van der Waals surface area contributed by atoms with E-state index in [1.807, 2.05) is 27.7 Å². The molecule has 0 atom stereocenters. The molecule has 0 radical (unpaired) electrons. The van der Waals surface area contributed by atoms with Crippen molar-refractivity contribution in [3.8, 4) is 0 Å². The third kappa shape index (κ3) is 5.29. The Morgan fingerprint density at radius 3 is 1.83 bits per heavy atom. The van der Waals surface area contributed by atoms with Crippen molar-refractivity contribution in [3.05, 3.63) is 23.8 Å². The maximum Gasteiger partial charge on any atom is 0.243 e. The van der Waals surface area contributed by atoms with Gasteiger partial charge in [-0.15, -0.1) is 0 Å². The standard InChI is InChI=1S/C16H27NO4S2/c1-12(2)10-17(11-13(3)4)23(20,21)16-9-15(22(6,18)19)8-7-14(16)5/h7-9,12-13H,10-11H2,1-6H3. The first-order valence-corrected chi connectivity index (χ1v) is 11.0. The average molecular weight is 362 g/mol. The molecule has 5 nitrogen and oxygen atoms in total. The number of hydrogen-bond acceptors (Lipinski definition) is 4. The Labute approximate surface area is 140 Å². The summed E-state index contributed by atoms with van der Waals surface area (Å²) in [5, 5.41) is 0. The van der Waals surface area contributed by atoms with Gasteiger partial charge in [0.1, 0.15) is 0 Å². The molecule has 0 saturated heterocycles. The number of nitrogens with zero attached hydrogens (tertiary/aromatic N) is 1. The minimum atomic E-state index is -3.74. The molecule has 0 aliphatic rings. The van der Waals surface area contributed by atoms with Crippen LogP contribution in [0.5, 0.6) is 0 Å². The predicted octanol–water partition coefficient (Wildman–Crippen LogP) is 2.70. The van der Waals surface area contributed by atoms with Crippen LogP contribution in [0.25, 0.3) is 0 Å². The summed E-state index contributed by atoms with van der Waals surface area (Å²) in [4.78, 5) is 0.0949. The average Bonchev–Trinajstić information content (AvgIpc) is 2.35. The Morgan fingerprint density at radius 1 is 0.957 bits per heavy atom. The molecular weight excluding hydrogens is 334 g/mol. The molecule has 23 heavy (non-hydrogen) atoms. The topological polar surface area (TPSA) is 71.5 Å². The van der Waals surface area contributed by atoms with Gasteiger partial charge in [0.05, 0.1) is 9.79 Å². The van der Waals surface area contributed by atoms with E-state index < -0.39 is 19.9 Å². The number of aryl methyl sites for hydroxylation is 1. The third-order valence-corrected chi connectivity index (χ3v) is 6.43. The van der Waals surface area contributed by atoms with E-state index in [0.29, 0.717) is 18.7 Å². The van der Waals surface area contributed by atoms with Gasteiger partial charge in [0.25, 0.3) is 0 Å². The molecule has 1 aromatic carbocycles. The second kappa shape index (κ2) is 7.32. The molecule has 0 aliphatic carbocycles. The van der Waals surface area contributed by atoms with Crippen LogP contribution in [0, 0.1) is 18.8 Å². The van der Waals surface area contributed by atoms with E-state index in [2.05, 4.69) is 0 Å². The number of hydrogen-bond donors (Lipinski definition) is 0. The van der Waals surface area contributed by atoms with Crippen LogP contribution in [-0.2, 0) is 19.9 Å². The zero-order valence-corrected chi connectivity index (χ0v) is 16.3. The number of sulfone groups is 1. The van der Waals surface area contributed by atoms with Gasteiger partial charge < -0.3 is 0 Å². The SMILES string of the molecule is Cc1ccc(S(C)(=O)=O)cc1S(=O)(=O)N(CC(C)C)CC(C)C. The van der Waals surface area contributed by atoms with Crippen molar-refractivity contribution in [2.45, 2.75) is 44.4 Å². The van der Waals surface area contributed by atoms with Crippen LogP contribution >= 0.6 is 0 Å². The molecule has 0 aliphatic heterocycles. The molecule has 132 valence electrons. The van der Waals surface area contributed by atoms with Crippen LogP contribution in [0.3, 0.4) is 0 Å². The summed E-state index contributed by atoms with van der Waals surface area (Å²) < 4.78 is 51.0. The van der Waals surface area contributed by atoms with Crippen molar-refractivity contribution in [2.24, 2.45) is 11.8 Å². The summed E-state index contributed by atoms with van der Waals surface area (Å²) in [5.41, 5.74) is 0.551. The Morgan fingerprint density at radius 2 is 1.43 bits per heavy atom. The molecule has 0 aromatic heterocycles. The van der Waals surface area contributed by atoms with Gasteiger partial charge in [0.15, 0.2) is 9.84 Å². The summed E-state index contributed by atoms with van der Waals surface area (Å²) in [6, 6.07) is 4.26. The minimum absolute atomic E-state index is 0.0238. The Balaban J connectivity index is 3.44. The molecule has 0 N–H and O–H groups in total. The van der Waals surface area contributed by atoms with Crippen molar-refractivity contribution >= 4 is 19.9 Å². The summed E-state index contributed by atoms with van der Waals surface area (Å²) in [6.07, 6.45) is 1.08. The monoisotopic (exact) mass is 361 g/mol. The van der Waals surface area contributed by atoms with E-state index in [4.69, 9.17) is 0 Å². The molecule has 1 aromatic rings. The van der Waals surface area contributed by atoms with Crippen molar-refractivity contribution in [1.29, 1.82) is 0 Å². The molecular formula is C16H27NO4S2. The lowest BCUT2D eigenvalue weighted by Crippen LogP contribution is -2.37. The van der Waals surface area contributed by atoms with E-state index in [0.717, 1.165) is 6.26 Å². The van der Waals surface area contributed by atoms with Gasteiger partial charge >= 0.3 is 0 Å². The molecule has 0 unspecified atom stereocenters. The van der Waals surface area contributed by atoms with Gasteiger partial charge in [-0.2, -0.15) is 4.31 Å². The second-order valence-electron chi connectivity index (χ2n) is 6.81. The number of rotatable bonds is 7. The summed E-state index contributed by atoms with van der Waals surface area (Å²) in [6.45, 7) is 10.3. The van der Waals surface area contributed by atoms with Crippen LogP contribution in [0.15, 0.2) is 28.0 Å². The van der Waals surface area contributed by atoms with Gasteiger partial charge in [-0.25, -0.2) is 16.8 Å². The van der Waals surface area contributed by atoms with Crippen LogP contribution in [0.2, 0.25) is 0 Å². The van der Waals surface area contributed by atoms with Crippen LogP contribution in [-0.4, -0.2) is 40.5 Å². The molecule has 0 fully saturated rings. The van der Waals surface area contributed by atoms with Crippen molar-refractivity contribution in [3.63, 3.8) is 0 Å². The Hall–Kier alpha value is -0.920. The largest absolute Gasteiger partial charge is 0.243 e. The molecule has 0 heterocycles. The summed E-state index contributed by atoms with van der Waals surface area (Å²) in [5.74, 6) is 0.365. The maximum absolute atomic E-state index is 13.0. The lowest BCUT2D eigenvalue weighted by molar-refractivity contribution is 0.333. The fourth-order valence-electron chi connectivity index (χ4n) is 2.31. The van der Waals surface area contributed by atoms with Crippen LogP contribution in [0.4, 0.5) is 0 Å². The molecule has 0 saturated carbocycles. The van der Waals surface area contributed by atoms with Crippen LogP contribution < -0.4 is 0 Å². The molecule has 0 bridgehead atoms. The van der Waals surface area contributed by atoms with Gasteiger partial charge in [0, 0.05) is 19.3 Å². The minimum Gasteiger partial charge on any atom is -0.224 e. The normalized spacial score (nSPS) is 13.3. The summed E-state index contributed by atoms with van der Waals surface area (Å²) in [7, 11) is -7.19. The van der Waals surface area contributed by atoms with Crippen molar-refractivity contribution < 1.29 is 16.8 Å². The highest BCUT2D eigenvalue weighted by Crippen LogP contribution is 2.25. The van der Waals surface area contributed by atoms with E-state index in [-0.39, 0.29) is 21.6 Å². The van der Waals surface area contributed by atoms with Gasteiger partial charge in [-0.05, 0) is 36.5 Å². The Bertz CT molecular complexity index is 740. The van der Waals surface area contributed by atoms with E-state index >= 15 is 0 Å². The molecule has 0 spiro atoms. The third-order valence-electron chi connectivity index (χ3n) is 3.34. The number of sulfonamides is 1. The quantitative estimate of drug-likeness (QED) is 0.748. The van der Waals surface area contributed by atoms with E-state index in [1.54, 1.807) is 13.0 Å². The first kappa shape index (κ1) is 20.1. The molecule has 7 heteroatoms. The highest BCUT2D eigenvalue weighted by molar-refractivity contribution is 7.91. The zero-order chi connectivity index (χ0) is 18.0. The first-order chi connectivity index (χ1) is 10.4. The van der Waals surface area contributed by atoms with Gasteiger partial charge in [0.2, 0.25) is 10.0 Å². The molecule has 1 rings (SSSR count). The fraction of sp³-hybridized carbons (Fsp3) is 0.625. The van der Waals surface area contributed by atoms with Gasteiger partial charge in [-0.3, -0.25) is 0 Å². The second-order valence-corrected chi connectivity index (χ2v) is 10.7. The maximum atomic E-state index is 13.0. The smallest absolute Gasteiger partial charge is 0.224 e.